The maximum absolute atomic E-state index is 13.2. The molecular weight excluding hydrogens is 454 g/mol. The normalized spacial score (nSPS) is 15.0. The topological polar surface area (TPSA) is 104 Å². The number of hydrogen-bond donors (Lipinski definition) is 1. The number of nitrogens with zero attached hydrogens (tertiary/aromatic N) is 2. The van der Waals surface area contributed by atoms with E-state index in [4.69, 9.17) is 0 Å². The molecule has 1 unspecified atom stereocenters. The number of hydrogen-bond acceptors (Lipinski definition) is 5. The van der Waals surface area contributed by atoms with Crippen molar-refractivity contribution in [3.05, 3.63) is 65.7 Å². The van der Waals surface area contributed by atoms with E-state index < -0.39 is 22.0 Å². The van der Waals surface area contributed by atoms with E-state index in [1.54, 1.807) is 19.1 Å². The molecule has 3 rings (SSSR count). The molecular formula is C25H31N3O5S. The van der Waals surface area contributed by atoms with E-state index in [0.29, 0.717) is 6.54 Å². The summed E-state index contributed by atoms with van der Waals surface area (Å²) >= 11 is 0. The second-order valence-electron chi connectivity index (χ2n) is 8.31. The maximum Gasteiger partial charge on any atom is 0.269 e. The third kappa shape index (κ3) is 5.64. The highest BCUT2D eigenvalue weighted by atomic mass is 32.2. The van der Waals surface area contributed by atoms with Crippen molar-refractivity contribution in [3.63, 3.8) is 0 Å². The van der Waals surface area contributed by atoms with Gasteiger partial charge in [0.2, 0.25) is 11.8 Å². The number of unbranched alkanes of at least 4 members (excludes halogenated alkanes) is 1. The molecule has 1 aliphatic rings. The van der Waals surface area contributed by atoms with E-state index in [9.17, 15) is 22.8 Å². The molecule has 0 aromatic heterocycles. The van der Waals surface area contributed by atoms with Crippen molar-refractivity contribution < 1.29 is 22.8 Å². The van der Waals surface area contributed by atoms with Gasteiger partial charge in [0, 0.05) is 26.1 Å². The minimum atomic E-state index is -3.91. The van der Waals surface area contributed by atoms with Gasteiger partial charge < -0.3 is 10.2 Å². The fraction of sp³-hybridized carbons (Fsp3) is 0.400. The van der Waals surface area contributed by atoms with Gasteiger partial charge in [0.05, 0.1) is 5.56 Å². The zero-order valence-corrected chi connectivity index (χ0v) is 20.4. The van der Waals surface area contributed by atoms with Crippen molar-refractivity contribution in [3.8, 4) is 0 Å². The maximum atomic E-state index is 13.2. The average molecular weight is 486 g/mol. The average Bonchev–Trinajstić information content (AvgIpc) is 3.03. The fourth-order valence-corrected chi connectivity index (χ4v) is 5.48. The molecule has 0 radical (unpaired) electrons. The van der Waals surface area contributed by atoms with Gasteiger partial charge in [0.25, 0.3) is 15.9 Å². The van der Waals surface area contributed by atoms with Gasteiger partial charge in [-0.3, -0.25) is 14.4 Å². The summed E-state index contributed by atoms with van der Waals surface area (Å²) in [5, 5.41) is 2.87. The first-order valence-corrected chi connectivity index (χ1v) is 13.0. The Morgan fingerprint density at radius 2 is 1.71 bits per heavy atom. The van der Waals surface area contributed by atoms with Crippen molar-refractivity contribution in [1.82, 2.24) is 14.5 Å². The molecule has 0 aliphatic carbocycles. The Bertz CT molecular complexity index is 1130. The molecule has 182 valence electrons. The Hall–Kier alpha value is -3.20. The van der Waals surface area contributed by atoms with Gasteiger partial charge >= 0.3 is 0 Å². The number of nitrogens with one attached hydrogen (secondary N) is 1. The van der Waals surface area contributed by atoms with E-state index in [1.807, 2.05) is 37.3 Å². The zero-order chi connectivity index (χ0) is 24.7. The Kier molecular flexibility index (Phi) is 8.44. The Morgan fingerprint density at radius 1 is 1.03 bits per heavy atom. The van der Waals surface area contributed by atoms with Crippen LogP contribution < -0.4 is 5.32 Å². The molecule has 8 nitrogen and oxygen atoms in total. The number of amides is 3. The summed E-state index contributed by atoms with van der Waals surface area (Å²) in [6.07, 6.45) is 1.97. The van der Waals surface area contributed by atoms with E-state index >= 15 is 0 Å². The summed E-state index contributed by atoms with van der Waals surface area (Å²) in [5.74, 6) is -1.08. The van der Waals surface area contributed by atoms with Crippen LogP contribution >= 0.6 is 0 Å². The SMILES string of the molecule is CCCCNC(=O)C(C)N(Cc1ccccc1)C(=O)CCCN1C(=O)c2ccccc2S1(=O)=O. The molecule has 0 saturated carbocycles. The van der Waals surface area contributed by atoms with Crippen LogP contribution in [0.3, 0.4) is 0 Å². The van der Waals surface area contributed by atoms with Crippen LogP contribution in [-0.2, 0) is 26.2 Å². The lowest BCUT2D eigenvalue weighted by Crippen LogP contribution is -2.47. The van der Waals surface area contributed by atoms with Crippen LogP contribution in [0.15, 0.2) is 59.5 Å². The molecule has 0 saturated heterocycles. The van der Waals surface area contributed by atoms with Crippen molar-refractivity contribution in [1.29, 1.82) is 0 Å². The summed E-state index contributed by atoms with van der Waals surface area (Å²) in [5.41, 5.74) is 1.04. The number of benzene rings is 2. The summed E-state index contributed by atoms with van der Waals surface area (Å²) in [6.45, 7) is 4.42. The molecule has 34 heavy (non-hydrogen) atoms. The zero-order valence-electron chi connectivity index (χ0n) is 19.6. The van der Waals surface area contributed by atoms with Crippen molar-refractivity contribution >= 4 is 27.7 Å². The number of sulfonamides is 1. The largest absolute Gasteiger partial charge is 0.354 e. The van der Waals surface area contributed by atoms with E-state index in [2.05, 4.69) is 5.32 Å². The van der Waals surface area contributed by atoms with Crippen LogP contribution in [0.25, 0.3) is 0 Å². The second-order valence-corrected chi connectivity index (χ2v) is 10.1. The predicted molar refractivity (Wildman–Crippen MR) is 128 cm³/mol. The number of fused-ring (bicyclic) bond motifs is 1. The number of carbonyl (C=O) groups excluding carboxylic acids is 3. The molecule has 1 heterocycles. The fourth-order valence-electron chi connectivity index (χ4n) is 3.87. The van der Waals surface area contributed by atoms with Crippen LogP contribution in [-0.4, -0.2) is 54.5 Å². The Labute approximate surface area is 201 Å². The third-order valence-corrected chi connectivity index (χ3v) is 7.70. The Balaban J connectivity index is 1.67. The van der Waals surface area contributed by atoms with Crippen molar-refractivity contribution in [2.45, 2.75) is 57.0 Å². The minimum absolute atomic E-state index is 0.00518. The van der Waals surface area contributed by atoms with Gasteiger partial charge in [-0.2, -0.15) is 0 Å². The minimum Gasteiger partial charge on any atom is -0.354 e. The second kappa shape index (κ2) is 11.3. The molecule has 0 spiro atoms. The number of rotatable bonds is 11. The molecule has 2 aromatic rings. The lowest BCUT2D eigenvalue weighted by Gasteiger charge is -2.29. The first-order chi connectivity index (χ1) is 16.3. The monoisotopic (exact) mass is 485 g/mol. The first kappa shape index (κ1) is 25.4. The van der Waals surface area contributed by atoms with Crippen LogP contribution in [0.5, 0.6) is 0 Å². The molecule has 2 aromatic carbocycles. The highest BCUT2D eigenvalue weighted by molar-refractivity contribution is 7.90. The van der Waals surface area contributed by atoms with Gasteiger partial charge in [0.15, 0.2) is 0 Å². The lowest BCUT2D eigenvalue weighted by atomic mass is 10.1. The molecule has 3 amide bonds. The number of carbonyl (C=O) groups is 3. The summed E-state index contributed by atoms with van der Waals surface area (Å²) in [6, 6.07) is 14.8. The lowest BCUT2D eigenvalue weighted by molar-refractivity contribution is -0.140. The van der Waals surface area contributed by atoms with Crippen molar-refractivity contribution in [2.75, 3.05) is 13.1 Å². The van der Waals surface area contributed by atoms with Gasteiger partial charge in [0.1, 0.15) is 10.9 Å². The summed E-state index contributed by atoms with van der Waals surface area (Å²) in [7, 11) is -3.91. The van der Waals surface area contributed by atoms with Crippen LogP contribution in [0, 0.1) is 0 Å². The summed E-state index contributed by atoms with van der Waals surface area (Å²) < 4.78 is 26.3. The summed E-state index contributed by atoms with van der Waals surface area (Å²) in [4.78, 5) is 39.9. The van der Waals surface area contributed by atoms with E-state index in [0.717, 1.165) is 22.7 Å². The molecule has 1 N–H and O–H groups in total. The van der Waals surface area contributed by atoms with Gasteiger partial charge in [-0.25, -0.2) is 12.7 Å². The molecule has 1 aliphatic heterocycles. The molecule has 1 atom stereocenters. The van der Waals surface area contributed by atoms with E-state index in [1.165, 1.54) is 17.0 Å². The highest BCUT2D eigenvalue weighted by Crippen LogP contribution is 2.30. The van der Waals surface area contributed by atoms with Gasteiger partial charge in [-0.05, 0) is 37.5 Å². The van der Waals surface area contributed by atoms with Crippen LogP contribution in [0.1, 0.15) is 55.5 Å². The molecule has 0 bridgehead atoms. The standard InChI is InChI=1S/C25H31N3O5S/c1-3-4-16-26-24(30)19(2)27(18-20-11-6-5-7-12-20)23(29)15-10-17-28-25(31)21-13-8-9-14-22(21)34(28,32)33/h5-9,11-14,19H,3-4,10,15-18H2,1-2H3,(H,26,30). The predicted octanol–water partition coefficient (Wildman–Crippen LogP) is 2.94. The smallest absolute Gasteiger partial charge is 0.269 e. The van der Waals surface area contributed by atoms with Crippen molar-refractivity contribution in [2.24, 2.45) is 0 Å². The van der Waals surface area contributed by atoms with E-state index in [-0.39, 0.29) is 48.2 Å². The van der Waals surface area contributed by atoms with Gasteiger partial charge in [-0.15, -0.1) is 0 Å². The van der Waals surface area contributed by atoms with Crippen LogP contribution in [0.4, 0.5) is 0 Å². The Morgan fingerprint density at radius 3 is 2.38 bits per heavy atom. The first-order valence-electron chi connectivity index (χ1n) is 11.5. The third-order valence-electron chi connectivity index (χ3n) is 5.86. The van der Waals surface area contributed by atoms with Gasteiger partial charge in [-0.1, -0.05) is 55.8 Å². The highest BCUT2D eigenvalue weighted by Gasteiger charge is 2.40. The molecule has 9 heteroatoms. The quantitative estimate of drug-likeness (QED) is 0.493. The van der Waals surface area contributed by atoms with Crippen LogP contribution in [0.2, 0.25) is 0 Å². The molecule has 0 fully saturated rings.